The second kappa shape index (κ2) is 8.26. The third-order valence-electron chi connectivity index (χ3n) is 4.07. The number of nitrogens with one attached hydrogen (secondary N) is 1. The topological polar surface area (TPSA) is 67.2 Å². The summed E-state index contributed by atoms with van der Waals surface area (Å²) in [6, 6.07) is 19.1. The molecule has 3 aromatic rings. The van der Waals surface area contributed by atoms with Gasteiger partial charge in [-0.15, -0.1) is 0 Å². The quantitative estimate of drug-likeness (QED) is 0.697. The number of hydrogen-bond acceptors (Lipinski definition) is 3. The van der Waals surface area contributed by atoms with E-state index >= 15 is 0 Å². The fourth-order valence-electron chi connectivity index (χ4n) is 2.65. The predicted octanol–water partition coefficient (Wildman–Crippen LogP) is 2.48. The molecule has 1 aromatic heterocycles. The lowest BCUT2D eigenvalue weighted by atomic mass is 10.1. The van der Waals surface area contributed by atoms with Crippen LogP contribution in [0, 0.1) is 0 Å². The Balaban J connectivity index is 1.55. The van der Waals surface area contributed by atoms with Gasteiger partial charge in [0.05, 0.1) is 6.54 Å². The van der Waals surface area contributed by atoms with E-state index in [0.29, 0.717) is 5.56 Å². The van der Waals surface area contributed by atoms with Gasteiger partial charge in [0, 0.05) is 18.9 Å². The summed E-state index contributed by atoms with van der Waals surface area (Å²) in [6.07, 6.45) is 3.34. The van der Waals surface area contributed by atoms with Gasteiger partial charge >= 0.3 is 0 Å². The molecule has 1 unspecified atom stereocenters. The molecule has 128 valence electrons. The highest BCUT2D eigenvalue weighted by Gasteiger charge is 2.17. The number of carbonyl (C=O) groups excluding carboxylic acids is 1. The maximum Gasteiger partial charge on any atom is 0.253 e. The van der Waals surface area contributed by atoms with Crippen LogP contribution in [0.25, 0.3) is 0 Å². The smallest absolute Gasteiger partial charge is 0.253 e. The Labute approximate surface area is 147 Å². The summed E-state index contributed by atoms with van der Waals surface area (Å²) in [5.41, 5.74) is 1.83. The SMILES string of the molecule is O=C(NCc1nccn1CCc1ccccc1)C(O)c1ccccc1. The molecule has 0 bridgehead atoms. The van der Waals surface area contributed by atoms with E-state index in [0.717, 1.165) is 18.8 Å². The van der Waals surface area contributed by atoms with Gasteiger partial charge in [0.2, 0.25) is 0 Å². The van der Waals surface area contributed by atoms with Crippen LogP contribution in [0.3, 0.4) is 0 Å². The van der Waals surface area contributed by atoms with Crippen LogP contribution in [0.4, 0.5) is 0 Å². The van der Waals surface area contributed by atoms with Crippen molar-refractivity contribution >= 4 is 5.91 Å². The molecule has 3 rings (SSSR count). The number of aromatic nitrogens is 2. The van der Waals surface area contributed by atoms with Crippen molar-refractivity contribution in [1.82, 2.24) is 14.9 Å². The van der Waals surface area contributed by atoms with Gasteiger partial charge in [-0.1, -0.05) is 60.7 Å². The molecule has 0 saturated carbocycles. The van der Waals surface area contributed by atoms with E-state index in [1.807, 2.05) is 35.0 Å². The van der Waals surface area contributed by atoms with Gasteiger partial charge in [0.1, 0.15) is 5.82 Å². The van der Waals surface area contributed by atoms with Crippen LogP contribution >= 0.6 is 0 Å². The van der Waals surface area contributed by atoms with E-state index in [1.54, 1.807) is 30.5 Å². The number of imidazole rings is 1. The third kappa shape index (κ3) is 4.55. The summed E-state index contributed by atoms with van der Waals surface area (Å²) in [5, 5.41) is 12.8. The number of rotatable bonds is 7. The van der Waals surface area contributed by atoms with Crippen molar-refractivity contribution in [1.29, 1.82) is 0 Å². The zero-order valence-electron chi connectivity index (χ0n) is 13.9. The van der Waals surface area contributed by atoms with Crippen molar-refractivity contribution < 1.29 is 9.90 Å². The first-order chi connectivity index (χ1) is 12.2. The molecule has 1 heterocycles. The number of benzene rings is 2. The van der Waals surface area contributed by atoms with E-state index in [4.69, 9.17) is 0 Å². The highest BCUT2D eigenvalue weighted by molar-refractivity contribution is 5.81. The van der Waals surface area contributed by atoms with Gasteiger partial charge in [0.15, 0.2) is 6.10 Å². The van der Waals surface area contributed by atoms with Crippen molar-refractivity contribution in [2.45, 2.75) is 25.6 Å². The molecule has 25 heavy (non-hydrogen) atoms. The number of nitrogens with zero attached hydrogens (tertiary/aromatic N) is 2. The fourth-order valence-corrected chi connectivity index (χ4v) is 2.65. The molecule has 0 aliphatic heterocycles. The molecule has 1 atom stereocenters. The van der Waals surface area contributed by atoms with Crippen LogP contribution in [-0.4, -0.2) is 20.6 Å². The Bertz CT molecular complexity index is 800. The van der Waals surface area contributed by atoms with Crippen molar-refractivity contribution in [3.8, 4) is 0 Å². The standard InChI is InChI=1S/C20H21N3O2/c24-19(17-9-5-2-6-10-17)20(25)22-15-18-21-12-14-23(18)13-11-16-7-3-1-4-8-16/h1-10,12,14,19,24H,11,13,15H2,(H,22,25). The summed E-state index contributed by atoms with van der Waals surface area (Å²) < 4.78 is 2.02. The number of aliphatic hydroxyl groups excluding tert-OH is 1. The molecule has 2 N–H and O–H groups in total. The minimum absolute atomic E-state index is 0.282. The molecular formula is C20H21N3O2. The van der Waals surface area contributed by atoms with E-state index in [9.17, 15) is 9.90 Å². The summed E-state index contributed by atoms with van der Waals surface area (Å²) in [6.45, 7) is 1.07. The fraction of sp³-hybridized carbons (Fsp3) is 0.200. The monoisotopic (exact) mass is 335 g/mol. The maximum absolute atomic E-state index is 12.1. The minimum Gasteiger partial charge on any atom is -0.378 e. The Hall–Kier alpha value is -2.92. The predicted molar refractivity (Wildman–Crippen MR) is 95.6 cm³/mol. The average Bonchev–Trinajstić information content (AvgIpc) is 3.13. The Morgan fingerprint density at radius 3 is 2.48 bits per heavy atom. The maximum atomic E-state index is 12.1. The van der Waals surface area contributed by atoms with Crippen molar-refractivity contribution in [3.05, 3.63) is 90.0 Å². The lowest BCUT2D eigenvalue weighted by Crippen LogP contribution is -2.30. The molecular weight excluding hydrogens is 314 g/mol. The van der Waals surface area contributed by atoms with Crippen LogP contribution < -0.4 is 5.32 Å². The summed E-state index contributed by atoms with van der Waals surface area (Å²) >= 11 is 0. The van der Waals surface area contributed by atoms with E-state index in [1.165, 1.54) is 5.56 Å². The van der Waals surface area contributed by atoms with Gasteiger partial charge < -0.3 is 15.0 Å². The van der Waals surface area contributed by atoms with Crippen molar-refractivity contribution in [2.24, 2.45) is 0 Å². The Kier molecular flexibility index (Phi) is 5.59. The lowest BCUT2D eigenvalue weighted by molar-refractivity contribution is -0.129. The van der Waals surface area contributed by atoms with E-state index in [-0.39, 0.29) is 6.54 Å². The summed E-state index contributed by atoms with van der Waals surface area (Å²) in [7, 11) is 0. The van der Waals surface area contributed by atoms with Gasteiger partial charge in [-0.2, -0.15) is 0 Å². The molecule has 1 amide bonds. The second-order valence-corrected chi connectivity index (χ2v) is 5.80. The summed E-state index contributed by atoms with van der Waals surface area (Å²) in [5.74, 6) is 0.341. The van der Waals surface area contributed by atoms with Crippen LogP contribution in [0.15, 0.2) is 73.1 Å². The van der Waals surface area contributed by atoms with Gasteiger partial charge in [-0.05, 0) is 17.5 Å². The lowest BCUT2D eigenvalue weighted by Gasteiger charge is -2.12. The zero-order chi connectivity index (χ0) is 17.5. The summed E-state index contributed by atoms with van der Waals surface area (Å²) in [4.78, 5) is 16.4. The Morgan fingerprint density at radius 1 is 1.08 bits per heavy atom. The molecule has 0 aliphatic rings. The number of aryl methyl sites for hydroxylation is 2. The molecule has 0 radical (unpaired) electrons. The number of amides is 1. The average molecular weight is 335 g/mol. The molecule has 2 aromatic carbocycles. The van der Waals surface area contributed by atoms with Crippen molar-refractivity contribution in [3.63, 3.8) is 0 Å². The molecule has 0 saturated heterocycles. The molecule has 0 fully saturated rings. The minimum atomic E-state index is -1.17. The normalized spacial score (nSPS) is 11.9. The first-order valence-electron chi connectivity index (χ1n) is 8.28. The highest BCUT2D eigenvalue weighted by Crippen LogP contribution is 2.12. The van der Waals surface area contributed by atoms with Crippen LogP contribution in [0.2, 0.25) is 0 Å². The number of aliphatic hydroxyl groups is 1. The van der Waals surface area contributed by atoms with Crippen molar-refractivity contribution in [2.75, 3.05) is 0 Å². The second-order valence-electron chi connectivity index (χ2n) is 5.80. The largest absolute Gasteiger partial charge is 0.378 e. The number of hydrogen-bond donors (Lipinski definition) is 2. The van der Waals surface area contributed by atoms with E-state index in [2.05, 4.69) is 22.4 Å². The number of carbonyl (C=O) groups is 1. The van der Waals surface area contributed by atoms with Gasteiger partial charge in [-0.3, -0.25) is 4.79 Å². The highest BCUT2D eigenvalue weighted by atomic mass is 16.3. The van der Waals surface area contributed by atoms with Crippen LogP contribution in [-0.2, 0) is 24.3 Å². The molecule has 0 aliphatic carbocycles. The third-order valence-corrected chi connectivity index (χ3v) is 4.07. The van der Waals surface area contributed by atoms with Crippen LogP contribution in [0.5, 0.6) is 0 Å². The molecule has 5 nitrogen and oxygen atoms in total. The molecule has 5 heteroatoms. The van der Waals surface area contributed by atoms with E-state index < -0.39 is 12.0 Å². The molecule has 0 spiro atoms. The first-order valence-corrected chi connectivity index (χ1v) is 8.28. The first kappa shape index (κ1) is 16.9. The van der Waals surface area contributed by atoms with Gasteiger partial charge in [0.25, 0.3) is 5.91 Å². The van der Waals surface area contributed by atoms with Crippen LogP contribution in [0.1, 0.15) is 23.1 Å². The van der Waals surface area contributed by atoms with Gasteiger partial charge in [-0.25, -0.2) is 4.98 Å². The Morgan fingerprint density at radius 2 is 1.76 bits per heavy atom. The zero-order valence-corrected chi connectivity index (χ0v) is 13.9.